The molecule has 5 nitrogen and oxygen atoms in total. The largest absolute Gasteiger partial charge is 0.507 e. The fraction of sp³-hybridized carbons (Fsp3) is 0.200. The minimum Gasteiger partial charge on any atom is -0.507 e. The molecule has 15 heavy (non-hydrogen) atoms. The van der Waals surface area contributed by atoms with E-state index in [1.807, 2.05) is 0 Å². The van der Waals surface area contributed by atoms with Crippen LogP contribution in [-0.2, 0) is 0 Å². The summed E-state index contributed by atoms with van der Waals surface area (Å²) in [5.41, 5.74) is -0.269. The van der Waals surface area contributed by atoms with E-state index in [0.717, 1.165) is 6.07 Å². The van der Waals surface area contributed by atoms with Crippen LogP contribution in [0, 0.1) is 0 Å². The first kappa shape index (κ1) is 11.0. The van der Waals surface area contributed by atoms with Crippen LogP contribution in [0.15, 0.2) is 6.07 Å². The first-order valence-electron chi connectivity index (χ1n) is 4.12. The Bertz CT molecular complexity index is 422. The maximum Gasteiger partial charge on any atom is 0.175 e. The van der Waals surface area contributed by atoms with E-state index >= 15 is 0 Å². The summed E-state index contributed by atoms with van der Waals surface area (Å²) in [6, 6.07) is 1.02. The molecule has 0 atom stereocenters. The Balaban J connectivity index is 3.60. The molecule has 1 aromatic carbocycles. The van der Waals surface area contributed by atoms with Crippen LogP contribution in [0.3, 0.4) is 0 Å². The average molecular weight is 210 g/mol. The van der Waals surface area contributed by atoms with E-state index in [-0.39, 0.29) is 22.6 Å². The normalized spacial score (nSPS) is 9.73. The summed E-state index contributed by atoms with van der Waals surface area (Å²) in [6.45, 7) is 1.22. The predicted octanol–water partition coefficient (Wildman–Crippen LogP) is 1.12. The van der Waals surface area contributed by atoms with E-state index in [1.165, 1.54) is 14.0 Å². The molecule has 0 fully saturated rings. The van der Waals surface area contributed by atoms with Crippen molar-refractivity contribution in [2.75, 3.05) is 7.11 Å². The lowest BCUT2D eigenvalue weighted by Gasteiger charge is -2.11. The summed E-state index contributed by atoms with van der Waals surface area (Å²) < 4.78 is 4.77. The number of hydrogen-bond donors (Lipinski definition) is 2. The van der Waals surface area contributed by atoms with Crippen LogP contribution in [-0.4, -0.2) is 29.4 Å². The molecule has 0 saturated heterocycles. The van der Waals surface area contributed by atoms with Crippen LogP contribution in [0.25, 0.3) is 0 Å². The lowest BCUT2D eigenvalue weighted by molar-refractivity contribution is 0.100. The molecule has 0 heterocycles. The van der Waals surface area contributed by atoms with Gasteiger partial charge in [-0.15, -0.1) is 0 Å². The van der Waals surface area contributed by atoms with Gasteiger partial charge >= 0.3 is 0 Å². The van der Waals surface area contributed by atoms with Gasteiger partial charge in [0.05, 0.1) is 12.7 Å². The molecule has 0 aliphatic rings. The zero-order chi connectivity index (χ0) is 11.6. The minimum atomic E-state index is -0.461. The van der Waals surface area contributed by atoms with Gasteiger partial charge in [-0.3, -0.25) is 9.59 Å². The monoisotopic (exact) mass is 210 g/mol. The standard InChI is InChI=1S/C10H10O5/c1-5(12)8-7(13)3-6(4-11)9(14)10(8)15-2/h3-4,13-14H,1-2H3. The highest BCUT2D eigenvalue weighted by atomic mass is 16.5. The second-order valence-electron chi connectivity index (χ2n) is 2.92. The maximum atomic E-state index is 11.2. The number of aldehydes is 1. The van der Waals surface area contributed by atoms with Crippen LogP contribution >= 0.6 is 0 Å². The minimum absolute atomic E-state index is 0.130. The Hall–Kier alpha value is -2.04. The Morgan fingerprint density at radius 1 is 1.47 bits per heavy atom. The Morgan fingerprint density at radius 2 is 2.07 bits per heavy atom. The number of phenolic OH excluding ortho intramolecular Hbond substituents is 2. The number of carbonyl (C=O) groups excluding carboxylic acids is 2. The van der Waals surface area contributed by atoms with E-state index in [1.54, 1.807) is 0 Å². The number of ether oxygens (including phenoxy) is 1. The molecule has 0 unspecified atom stereocenters. The summed E-state index contributed by atoms with van der Waals surface area (Å²) in [6.07, 6.45) is 0.363. The quantitative estimate of drug-likeness (QED) is 0.443. The number of phenols is 2. The lowest BCUT2D eigenvalue weighted by Crippen LogP contribution is -2.00. The Labute approximate surface area is 85.9 Å². The highest BCUT2D eigenvalue weighted by Gasteiger charge is 2.20. The zero-order valence-electron chi connectivity index (χ0n) is 8.27. The van der Waals surface area contributed by atoms with Gasteiger partial charge in [0.15, 0.2) is 23.6 Å². The molecule has 0 aliphatic heterocycles. The molecule has 1 rings (SSSR count). The number of Topliss-reactive ketones (excluding diaryl/α,β-unsaturated/α-hetero) is 1. The number of methoxy groups -OCH3 is 1. The summed E-state index contributed by atoms with van der Waals surface area (Å²) in [7, 11) is 1.23. The third-order valence-corrected chi connectivity index (χ3v) is 1.95. The number of benzene rings is 1. The predicted molar refractivity (Wildman–Crippen MR) is 51.7 cm³/mol. The lowest BCUT2D eigenvalue weighted by atomic mass is 10.0. The first-order valence-corrected chi connectivity index (χ1v) is 4.12. The average Bonchev–Trinajstić information content (AvgIpc) is 2.19. The van der Waals surface area contributed by atoms with Crippen molar-refractivity contribution in [3.8, 4) is 17.2 Å². The molecular weight excluding hydrogens is 200 g/mol. The van der Waals surface area contributed by atoms with Crippen molar-refractivity contribution in [1.82, 2.24) is 0 Å². The number of ketones is 1. The molecule has 2 N–H and O–H groups in total. The number of rotatable bonds is 3. The SMILES string of the molecule is COc1c(O)c(C=O)cc(O)c1C(C)=O. The van der Waals surface area contributed by atoms with Crippen LogP contribution in [0.2, 0.25) is 0 Å². The van der Waals surface area contributed by atoms with E-state index in [9.17, 15) is 19.8 Å². The molecule has 0 aliphatic carbocycles. The van der Waals surface area contributed by atoms with Crippen molar-refractivity contribution in [1.29, 1.82) is 0 Å². The Kier molecular flexibility index (Phi) is 2.94. The van der Waals surface area contributed by atoms with Crippen molar-refractivity contribution in [2.24, 2.45) is 0 Å². The smallest absolute Gasteiger partial charge is 0.175 e. The van der Waals surface area contributed by atoms with E-state index < -0.39 is 11.5 Å². The van der Waals surface area contributed by atoms with Crippen LogP contribution in [0.1, 0.15) is 27.6 Å². The molecule has 0 bridgehead atoms. The molecule has 0 radical (unpaired) electrons. The second-order valence-corrected chi connectivity index (χ2v) is 2.92. The topological polar surface area (TPSA) is 83.8 Å². The Morgan fingerprint density at radius 3 is 2.47 bits per heavy atom. The molecule has 0 amide bonds. The third-order valence-electron chi connectivity index (χ3n) is 1.95. The number of carbonyl (C=O) groups is 2. The van der Waals surface area contributed by atoms with E-state index in [0.29, 0.717) is 6.29 Å². The second kappa shape index (κ2) is 4.00. The van der Waals surface area contributed by atoms with E-state index in [2.05, 4.69) is 0 Å². The molecule has 0 aromatic heterocycles. The van der Waals surface area contributed by atoms with Gasteiger partial charge in [-0.1, -0.05) is 0 Å². The van der Waals surface area contributed by atoms with Crippen molar-refractivity contribution in [3.63, 3.8) is 0 Å². The summed E-state index contributed by atoms with van der Waals surface area (Å²) in [5, 5.41) is 19.0. The summed E-state index contributed by atoms with van der Waals surface area (Å²) in [5.74, 6) is -1.49. The van der Waals surface area contributed by atoms with Crippen molar-refractivity contribution in [3.05, 3.63) is 17.2 Å². The van der Waals surface area contributed by atoms with Crippen molar-refractivity contribution < 1.29 is 24.5 Å². The molecule has 0 spiro atoms. The third kappa shape index (κ3) is 1.76. The maximum absolute atomic E-state index is 11.2. The summed E-state index contributed by atoms with van der Waals surface area (Å²) in [4.78, 5) is 21.7. The highest BCUT2D eigenvalue weighted by Crippen LogP contribution is 2.38. The van der Waals surface area contributed by atoms with Gasteiger partial charge < -0.3 is 14.9 Å². The molecule has 1 aromatic rings. The highest BCUT2D eigenvalue weighted by molar-refractivity contribution is 6.02. The van der Waals surface area contributed by atoms with Gasteiger partial charge in [0.2, 0.25) is 0 Å². The zero-order valence-corrected chi connectivity index (χ0v) is 8.27. The van der Waals surface area contributed by atoms with Gasteiger partial charge in [0.1, 0.15) is 11.3 Å². The van der Waals surface area contributed by atoms with Gasteiger partial charge in [-0.25, -0.2) is 0 Å². The van der Waals surface area contributed by atoms with Crippen LogP contribution in [0.4, 0.5) is 0 Å². The molecular formula is C10H10O5. The number of hydrogen-bond acceptors (Lipinski definition) is 5. The fourth-order valence-corrected chi connectivity index (χ4v) is 1.28. The fourth-order valence-electron chi connectivity index (χ4n) is 1.28. The molecule has 80 valence electrons. The van der Waals surface area contributed by atoms with Gasteiger partial charge in [-0.05, 0) is 13.0 Å². The van der Waals surface area contributed by atoms with Crippen molar-refractivity contribution in [2.45, 2.75) is 6.92 Å². The molecule has 0 saturated carbocycles. The van der Waals surface area contributed by atoms with Crippen LogP contribution in [0.5, 0.6) is 17.2 Å². The van der Waals surface area contributed by atoms with E-state index in [4.69, 9.17) is 4.74 Å². The van der Waals surface area contributed by atoms with Crippen LogP contribution < -0.4 is 4.74 Å². The summed E-state index contributed by atoms with van der Waals surface area (Å²) >= 11 is 0. The van der Waals surface area contributed by atoms with Crippen molar-refractivity contribution >= 4 is 12.1 Å². The molecule has 5 heteroatoms. The van der Waals surface area contributed by atoms with Gasteiger partial charge in [0.25, 0.3) is 0 Å². The van der Waals surface area contributed by atoms with Gasteiger partial charge in [0, 0.05) is 0 Å². The number of aromatic hydroxyl groups is 2. The first-order chi connectivity index (χ1) is 7.02. The van der Waals surface area contributed by atoms with Gasteiger partial charge in [-0.2, -0.15) is 0 Å².